The highest BCUT2D eigenvalue weighted by atomic mass is 16.3. The number of hydrogen-bond donors (Lipinski definition) is 0. The van der Waals surface area contributed by atoms with Gasteiger partial charge in [0.05, 0.1) is 17.9 Å². The van der Waals surface area contributed by atoms with Crippen molar-refractivity contribution in [2.75, 3.05) is 6.54 Å². The number of rotatable bonds is 4. The van der Waals surface area contributed by atoms with E-state index >= 15 is 0 Å². The average Bonchev–Trinajstić information content (AvgIpc) is 2.72. The number of carbonyl (C=O) groups is 1. The van der Waals surface area contributed by atoms with Gasteiger partial charge < -0.3 is 9.32 Å². The molecule has 16 heavy (non-hydrogen) atoms. The van der Waals surface area contributed by atoms with Gasteiger partial charge in [0.1, 0.15) is 12.3 Å². The van der Waals surface area contributed by atoms with Crippen molar-refractivity contribution in [3.8, 4) is 6.07 Å². The zero-order chi connectivity index (χ0) is 12.1. The van der Waals surface area contributed by atoms with Crippen molar-refractivity contribution in [2.45, 2.75) is 33.2 Å². The molecule has 1 aromatic heterocycles. The fraction of sp³-hybridized carbons (Fsp3) is 0.500. The molecule has 1 heterocycles. The molecule has 0 aliphatic heterocycles. The van der Waals surface area contributed by atoms with Crippen molar-refractivity contribution in [1.82, 2.24) is 4.90 Å². The summed E-state index contributed by atoms with van der Waals surface area (Å²) >= 11 is 0. The number of carbonyl (C=O) groups excluding carboxylic acids is 1. The molecule has 0 aliphatic carbocycles. The molecule has 0 aromatic carbocycles. The molecule has 86 valence electrons. The van der Waals surface area contributed by atoms with Crippen LogP contribution in [-0.4, -0.2) is 23.4 Å². The summed E-state index contributed by atoms with van der Waals surface area (Å²) in [5.74, 6) is 0.538. The molecule has 1 amide bonds. The van der Waals surface area contributed by atoms with E-state index in [0.717, 1.165) is 0 Å². The minimum absolute atomic E-state index is 0.00626. The number of amides is 1. The van der Waals surface area contributed by atoms with Gasteiger partial charge in [-0.05, 0) is 19.9 Å². The standard InChI is InChI=1S/C12H16N2O2/c1-4-11-10(5-8-16-11)12(15)14(7-6-13)9(2)3/h5,8-9H,4,7H2,1-3H3. The van der Waals surface area contributed by atoms with Gasteiger partial charge in [-0.1, -0.05) is 6.92 Å². The van der Waals surface area contributed by atoms with E-state index in [1.165, 1.54) is 11.2 Å². The van der Waals surface area contributed by atoms with Crippen molar-refractivity contribution < 1.29 is 9.21 Å². The van der Waals surface area contributed by atoms with Gasteiger partial charge >= 0.3 is 0 Å². The molecule has 0 radical (unpaired) electrons. The lowest BCUT2D eigenvalue weighted by Gasteiger charge is -2.23. The second kappa shape index (κ2) is 5.36. The Bertz CT molecular complexity index is 401. The summed E-state index contributed by atoms with van der Waals surface area (Å²) in [6, 6.07) is 3.67. The summed E-state index contributed by atoms with van der Waals surface area (Å²) in [6.07, 6.45) is 2.18. The molecule has 0 fully saturated rings. The first-order valence-electron chi connectivity index (χ1n) is 5.36. The molecule has 1 rings (SSSR count). The van der Waals surface area contributed by atoms with Crippen molar-refractivity contribution >= 4 is 5.91 Å². The van der Waals surface area contributed by atoms with Crippen LogP contribution >= 0.6 is 0 Å². The Labute approximate surface area is 95.5 Å². The number of nitrogens with zero attached hydrogens (tertiary/aromatic N) is 2. The average molecular weight is 220 g/mol. The van der Waals surface area contributed by atoms with E-state index in [0.29, 0.717) is 17.7 Å². The van der Waals surface area contributed by atoms with Crippen LogP contribution in [-0.2, 0) is 6.42 Å². The van der Waals surface area contributed by atoms with Crippen molar-refractivity contribution in [2.24, 2.45) is 0 Å². The summed E-state index contributed by atoms with van der Waals surface area (Å²) in [5, 5.41) is 8.69. The second-order valence-electron chi connectivity index (χ2n) is 3.80. The Morgan fingerprint density at radius 2 is 2.31 bits per heavy atom. The highest BCUT2D eigenvalue weighted by molar-refractivity contribution is 5.95. The van der Waals surface area contributed by atoms with E-state index < -0.39 is 0 Å². The topological polar surface area (TPSA) is 57.2 Å². The molecule has 0 aliphatic rings. The third-order valence-corrected chi connectivity index (χ3v) is 2.42. The van der Waals surface area contributed by atoms with E-state index in [1.54, 1.807) is 6.07 Å². The first-order valence-corrected chi connectivity index (χ1v) is 5.36. The summed E-state index contributed by atoms with van der Waals surface area (Å²) in [6.45, 7) is 5.81. The predicted octanol–water partition coefficient (Wildman–Crippen LogP) is 2.22. The van der Waals surface area contributed by atoms with Gasteiger partial charge in [0, 0.05) is 12.5 Å². The number of furan rings is 1. The van der Waals surface area contributed by atoms with Crippen molar-refractivity contribution in [1.29, 1.82) is 5.26 Å². The van der Waals surface area contributed by atoms with E-state index in [9.17, 15) is 4.79 Å². The largest absolute Gasteiger partial charge is 0.469 e. The predicted molar refractivity (Wildman–Crippen MR) is 59.9 cm³/mol. The lowest BCUT2D eigenvalue weighted by molar-refractivity contribution is 0.0729. The van der Waals surface area contributed by atoms with Gasteiger partial charge in [0.15, 0.2) is 0 Å². The quantitative estimate of drug-likeness (QED) is 0.731. The Balaban J connectivity index is 2.95. The SMILES string of the molecule is CCc1occc1C(=O)N(CC#N)C(C)C. The molecule has 0 bridgehead atoms. The van der Waals surface area contributed by atoms with Gasteiger partial charge in [0.25, 0.3) is 5.91 Å². The Morgan fingerprint density at radius 3 is 2.81 bits per heavy atom. The molecule has 1 aromatic rings. The molecule has 4 nitrogen and oxygen atoms in total. The number of hydrogen-bond acceptors (Lipinski definition) is 3. The molecule has 0 unspecified atom stereocenters. The zero-order valence-corrected chi connectivity index (χ0v) is 9.86. The molecule has 0 N–H and O–H groups in total. The molecule has 0 atom stereocenters. The maximum Gasteiger partial charge on any atom is 0.258 e. The van der Waals surface area contributed by atoms with Crippen molar-refractivity contribution in [3.63, 3.8) is 0 Å². The minimum atomic E-state index is -0.137. The van der Waals surface area contributed by atoms with Crippen LogP contribution < -0.4 is 0 Å². The Morgan fingerprint density at radius 1 is 1.62 bits per heavy atom. The highest BCUT2D eigenvalue weighted by Gasteiger charge is 2.22. The van der Waals surface area contributed by atoms with E-state index in [1.807, 2.05) is 26.8 Å². The van der Waals surface area contributed by atoms with E-state index in [-0.39, 0.29) is 18.5 Å². The fourth-order valence-corrected chi connectivity index (χ4v) is 1.52. The van der Waals surface area contributed by atoms with Crippen LogP contribution in [0.3, 0.4) is 0 Å². The molecule has 0 saturated heterocycles. The molecule has 0 spiro atoms. The third kappa shape index (κ3) is 2.43. The van der Waals surface area contributed by atoms with Crippen LogP contribution in [0, 0.1) is 11.3 Å². The smallest absolute Gasteiger partial charge is 0.258 e. The summed E-state index contributed by atoms with van der Waals surface area (Å²) in [4.78, 5) is 13.7. The van der Waals surface area contributed by atoms with Crippen LogP contribution in [0.15, 0.2) is 16.7 Å². The van der Waals surface area contributed by atoms with E-state index in [4.69, 9.17) is 9.68 Å². The lowest BCUT2D eigenvalue weighted by atomic mass is 10.1. The molecule has 0 saturated carbocycles. The van der Waals surface area contributed by atoms with E-state index in [2.05, 4.69) is 0 Å². The van der Waals surface area contributed by atoms with Crippen LogP contribution in [0.5, 0.6) is 0 Å². The normalized spacial score (nSPS) is 10.2. The zero-order valence-electron chi connectivity index (χ0n) is 9.86. The number of aryl methyl sites for hydroxylation is 1. The minimum Gasteiger partial charge on any atom is -0.469 e. The van der Waals surface area contributed by atoms with Gasteiger partial charge in [-0.15, -0.1) is 0 Å². The summed E-state index contributed by atoms with van der Waals surface area (Å²) < 4.78 is 5.21. The van der Waals surface area contributed by atoms with Crippen LogP contribution in [0.1, 0.15) is 36.9 Å². The molecular formula is C12H16N2O2. The van der Waals surface area contributed by atoms with Gasteiger partial charge in [0.2, 0.25) is 0 Å². The summed E-state index contributed by atoms with van der Waals surface area (Å²) in [5.41, 5.74) is 0.562. The lowest BCUT2D eigenvalue weighted by Crippen LogP contribution is -2.37. The van der Waals surface area contributed by atoms with Crippen LogP contribution in [0.4, 0.5) is 0 Å². The second-order valence-corrected chi connectivity index (χ2v) is 3.80. The van der Waals surface area contributed by atoms with Gasteiger partial charge in [-0.2, -0.15) is 5.26 Å². The maximum atomic E-state index is 12.1. The highest BCUT2D eigenvalue weighted by Crippen LogP contribution is 2.15. The molecule has 4 heteroatoms. The van der Waals surface area contributed by atoms with Crippen molar-refractivity contribution in [3.05, 3.63) is 23.7 Å². The Hall–Kier alpha value is -1.76. The van der Waals surface area contributed by atoms with Crippen LogP contribution in [0.25, 0.3) is 0 Å². The fourth-order valence-electron chi connectivity index (χ4n) is 1.52. The Kier molecular flexibility index (Phi) is 4.12. The molecular weight excluding hydrogens is 204 g/mol. The monoisotopic (exact) mass is 220 g/mol. The maximum absolute atomic E-state index is 12.1. The van der Waals surface area contributed by atoms with Crippen LogP contribution in [0.2, 0.25) is 0 Å². The summed E-state index contributed by atoms with van der Waals surface area (Å²) in [7, 11) is 0. The third-order valence-electron chi connectivity index (χ3n) is 2.42. The first-order chi connectivity index (χ1) is 7.61. The number of nitriles is 1. The van der Waals surface area contributed by atoms with Gasteiger partial charge in [-0.3, -0.25) is 4.79 Å². The van der Waals surface area contributed by atoms with Gasteiger partial charge in [-0.25, -0.2) is 0 Å². The first kappa shape index (κ1) is 12.3.